The third-order valence-corrected chi connectivity index (χ3v) is 3.87. The van der Waals surface area contributed by atoms with Gasteiger partial charge in [0, 0.05) is 15.6 Å². The molecule has 0 saturated heterocycles. The first-order chi connectivity index (χ1) is 9.49. The number of benzene rings is 2. The molecule has 0 radical (unpaired) electrons. The number of rotatable bonds is 4. The lowest BCUT2D eigenvalue weighted by atomic mass is 10.1. The van der Waals surface area contributed by atoms with Crippen LogP contribution in [0.2, 0.25) is 0 Å². The Morgan fingerprint density at radius 3 is 2.35 bits per heavy atom. The third kappa shape index (κ3) is 3.20. The summed E-state index contributed by atoms with van der Waals surface area (Å²) in [4.78, 5) is 0. The Labute approximate surface area is 127 Å². The molecular formula is C16H17BrN2O. The maximum absolute atomic E-state index is 7.49. The molecule has 2 aromatic rings. The zero-order chi connectivity index (χ0) is 14.7. The number of ether oxygens (including phenoxy) is 1. The normalized spacial score (nSPS) is 10.3. The molecule has 0 aliphatic carbocycles. The molecule has 104 valence electrons. The zero-order valence-corrected chi connectivity index (χ0v) is 13.1. The summed E-state index contributed by atoms with van der Waals surface area (Å²) in [5.41, 5.74) is 9.33. The molecule has 0 bridgehead atoms. The van der Waals surface area contributed by atoms with E-state index >= 15 is 0 Å². The minimum Gasteiger partial charge on any atom is -0.488 e. The van der Waals surface area contributed by atoms with Gasteiger partial charge >= 0.3 is 0 Å². The number of hydrogen-bond donors (Lipinski definition) is 2. The zero-order valence-electron chi connectivity index (χ0n) is 11.5. The smallest absolute Gasteiger partial charge is 0.125 e. The van der Waals surface area contributed by atoms with Crippen molar-refractivity contribution < 1.29 is 4.74 Å². The van der Waals surface area contributed by atoms with Crippen molar-refractivity contribution >= 4 is 21.8 Å². The van der Waals surface area contributed by atoms with Crippen LogP contribution in [0.4, 0.5) is 0 Å². The highest BCUT2D eigenvalue weighted by Gasteiger charge is 2.09. The predicted molar refractivity (Wildman–Crippen MR) is 85.4 cm³/mol. The van der Waals surface area contributed by atoms with Crippen molar-refractivity contribution in [1.29, 1.82) is 5.41 Å². The minimum absolute atomic E-state index is 0.0774. The molecule has 0 fully saturated rings. The fourth-order valence-electron chi connectivity index (χ4n) is 2.10. The lowest BCUT2D eigenvalue weighted by Crippen LogP contribution is -2.12. The van der Waals surface area contributed by atoms with Crippen molar-refractivity contribution in [2.24, 2.45) is 5.73 Å². The first kappa shape index (κ1) is 14.6. The largest absolute Gasteiger partial charge is 0.488 e. The van der Waals surface area contributed by atoms with Gasteiger partial charge in [-0.3, -0.25) is 5.41 Å². The number of nitrogens with one attached hydrogen (secondary N) is 1. The van der Waals surface area contributed by atoms with Gasteiger partial charge in [0.05, 0.1) is 0 Å². The van der Waals surface area contributed by atoms with Crippen LogP contribution >= 0.6 is 15.9 Å². The maximum atomic E-state index is 7.49. The van der Waals surface area contributed by atoms with Gasteiger partial charge in [-0.25, -0.2) is 0 Å². The van der Waals surface area contributed by atoms with E-state index in [0.717, 1.165) is 32.5 Å². The van der Waals surface area contributed by atoms with Gasteiger partial charge in [0.2, 0.25) is 0 Å². The molecular weight excluding hydrogens is 316 g/mol. The average Bonchev–Trinajstić information content (AvgIpc) is 2.39. The van der Waals surface area contributed by atoms with Gasteiger partial charge in [0.15, 0.2) is 0 Å². The Hall–Kier alpha value is -1.81. The number of nitrogens with two attached hydrogens (primary N) is 1. The van der Waals surface area contributed by atoms with Crippen LogP contribution in [0.1, 0.15) is 22.3 Å². The highest BCUT2D eigenvalue weighted by Crippen LogP contribution is 2.26. The van der Waals surface area contributed by atoms with Gasteiger partial charge in [-0.05, 0) is 43.2 Å². The van der Waals surface area contributed by atoms with E-state index < -0.39 is 0 Å². The molecule has 20 heavy (non-hydrogen) atoms. The molecule has 2 aromatic carbocycles. The number of hydrogen-bond acceptors (Lipinski definition) is 2. The first-order valence-electron chi connectivity index (χ1n) is 6.31. The van der Waals surface area contributed by atoms with Crippen molar-refractivity contribution in [3.63, 3.8) is 0 Å². The van der Waals surface area contributed by atoms with E-state index in [9.17, 15) is 0 Å². The van der Waals surface area contributed by atoms with Gasteiger partial charge < -0.3 is 10.5 Å². The summed E-state index contributed by atoms with van der Waals surface area (Å²) < 4.78 is 6.97. The summed E-state index contributed by atoms with van der Waals surface area (Å²) in [5, 5.41) is 7.49. The standard InChI is InChI=1S/C16H17BrN2O/c1-10-7-13(16(18)19)8-11(2)15(10)20-9-12-5-3-4-6-14(12)17/h3-8H,9H2,1-2H3,(H3,18,19). The predicted octanol–water partition coefficient (Wildman–Crippen LogP) is 3.93. The van der Waals surface area contributed by atoms with E-state index in [2.05, 4.69) is 15.9 Å². The third-order valence-electron chi connectivity index (χ3n) is 3.10. The second-order valence-corrected chi connectivity index (χ2v) is 5.59. The molecule has 0 saturated carbocycles. The molecule has 0 aliphatic rings. The van der Waals surface area contributed by atoms with Gasteiger partial charge in [-0.15, -0.1) is 0 Å². The van der Waals surface area contributed by atoms with Crippen molar-refractivity contribution in [3.8, 4) is 5.75 Å². The van der Waals surface area contributed by atoms with Crippen LogP contribution in [0.5, 0.6) is 5.75 Å². The molecule has 0 aliphatic heterocycles. The van der Waals surface area contributed by atoms with E-state index in [4.69, 9.17) is 15.9 Å². The average molecular weight is 333 g/mol. The van der Waals surface area contributed by atoms with Crippen LogP contribution in [-0.2, 0) is 6.61 Å². The molecule has 3 N–H and O–H groups in total. The molecule has 0 amide bonds. The minimum atomic E-state index is 0.0774. The van der Waals surface area contributed by atoms with E-state index in [-0.39, 0.29) is 5.84 Å². The lowest BCUT2D eigenvalue weighted by molar-refractivity contribution is 0.301. The second kappa shape index (κ2) is 6.09. The topological polar surface area (TPSA) is 59.1 Å². The highest BCUT2D eigenvalue weighted by atomic mass is 79.9. The summed E-state index contributed by atoms with van der Waals surface area (Å²) in [7, 11) is 0. The summed E-state index contributed by atoms with van der Waals surface area (Å²) in [5.74, 6) is 0.930. The Morgan fingerprint density at radius 1 is 1.20 bits per heavy atom. The number of amidine groups is 1. The van der Waals surface area contributed by atoms with Crippen LogP contribution in [-0.4, -0.2) is 5.84 Å². The quantitative estimate of drug-likeness (QED) is 0.658. The molecule has 0 aromatic heterocycles. The van der Waals surface area contributed by atoms with E-state index in [1.165, 1.54) is 0 Å². The molecule has 0 atom stereocenters. The fraction of sp³-hybridized carbons (Fsp3) is 0.188. The van der Waals surface area contributed by atoms with Crippen molar-refractivity contribution in [1.82, 2.24) is 0 Å². The first-order valence-corrected chi connectivity index (χ1v) is 7.10. The number of halogens is 1. The van der Waals surface area contributed by atoms with E-state index in [1.54, 1.807) is 0 Å². The lowest BCUT2D eigenvalue weighted by Gasteiger charge is -2.14. The second-order valence-electron chi connectivity index (χ2n) is 4.73. The Morgan fingerprint density at radius 2 is 1.80 bits per heavy atom. The maximum Gasteiger partial charge on any atom is 0.125 e. The van der Waals surface area contributed by atoms with Crippen LogP contribution in [0, 0.1) is 19.3 Å². The molecule has 4 heteroatoms. The van der Waals surface area contributed by atoms with Gasteiger partial charge in [0.1, 0.15) is 18.2 Å². The van der Waals surface area contributed by atoms with Crippen LogP contribution in [0.3, 0.4) is 0 Å². The van der Waals surface area contributed by atoms with Gasteiger partial charge in [-0.1, -0.05) is 34.1 Å². The summed E-state index contributed by atoms with van der Waals surface area (Å²) in [6.45, 7) is 4.44. The highest BCUT2D eigenvalue weighted by molar-refractivity contribution is 9.10. The number of nitrogen functional groups attached to an aromatic ring is 1. The van der Waals surface area contributed by atoms with Crippen molar-refractivity contribution in [2.45, 2.75) is 20.5 Å². The molecule has 3 nitrogen and oxygen atoms in total. The van der Waals surface area contributed by atoms with Gasteiger partial charge in [-0.2, -0.15) is 0 Å². The molecule has 0 heterocycles. The monoisotopic (exact) mass is 332 g/mol. The summed E-state index contributed by atoms with van der Waals surface area (Å²) in [6.07, 6.45) is 0. The van der Waals surface area contributed by atoms with Crippen LogP contribution in [0.25, 0.3) is 0 Å². The Bertz CT molecular complexity index is 630. The molecule has 0 unspecified atom stereocenters. The molecule has 2 rings (SSSR count). The Balaban J connectivity index is 2.22. The van der Waals surface area contributed by atoms with E-state index in [1.807, 2.05) is 50.2 Å². The van der Waals surface area contributed by atoms with Crippen molar-refractivity contribution in [3.05, 3.63) is 63.1 Å². The summed E-state index contributed by atoms with van der Waals surface area (Å²) >= 11 is 3.51. The molecule has 0 spiro atoms. The summed E-state index contributed by atoms with van der Waals surface area (Å²) in [6, 6.07) is 11.7. The van der Waals surface area contributed by atoms with Crippen molar-refractivity contribution in [2.75, 3.05) is 0 Å². The van der Waals surface area contributed by atoms with Gasteiger partial charge in [0.25, 0.3) is 0 Å². The van der Waals surface area contributed by atoms with E-state index in [0.29, 0.717) is 6.61 Å². The Kier molecular flexibility index (Phi) is 4.45. The number of aryl methyl sites for hydroxylation is 2. The van der Waals surface area contributed by atoms with Crippen LogP contribution < -0.4 is 10.5 Å². The SMILES string of the molecule is Cc1cc(C(=N)N)cc(C)c1OCc1ccccc1Br. The van der Waals surface area contributed by atoms with Crippen LogP contribution in [0.15, 0.2) is 40.9 Å². The fourth-order valence-corrected chi connectivity index (χ4v) is 2.50.